The van der Waals surface area contributed by atoms with Crippen LogP contribution in [-0.2, 0) is 19.6 Å². The number of anilines is 2. The number of amides is 2. The average molecular weight is 460 g/mol. The summed E-state index contributed by atoms with van der Waals surface area (Å²) in [6, 6.07) is 14.2. The van der Waals surface area contributed by atoms with Gasteiger partial charge in [-0.3, -0.25) is 13.9 Å². The molecule has 172 valence electrons. The van der Waals surface area contributed by atoms with Crippen molar-refractivity contribution in [3.8, 4) is 0 Å². The second-order valence-corrected chi connectivity index (χ2v) is 9.56. The van der Waals surface area contributed by atoms with Crippen LogP contribution in [0.2, 0.25) is 0 Å². The van der Waals surface area contributed by atoms with Crippen LogP contribution in [0.1, 0.15) is 36.5 Å². The Labute approximate surface area is 189 Å². The van der Waals surface area contributed by atoms with Gasteiger partial charge in [0.05, 0.1) is 29.3 Å². The van der Waals surface area contributed by atoms with E-state index in [1.165, 1.54) is 0 Å². The molecule has 2 amide bonds. The fourth-order valence-electron chi connectivity index (χ4n) is 3.75. The lowest BCUT2D eigenvalue weighted by Gasteiger charge is -2.30. The van der Waals surface area contributed by atoms with E-state index in [0.717, 1.165) is 23.4 Å². The number of hydrogen-bond acceptors (Lipinski definition) is 5. The van der Waals surface area contributed by atoms with Crippen LogP contribution in [0.5, 0.6) is 0 Å². The largest absolute Gasteiger partial charge is 0.376 e. The summed E-state index contributed by atoms with van der Waals surface area (Å²) in [5.74, 6) is -0.839. The van der Waals surface area contributed by atoms with Gasteiger partial charge in [-0.05, 0) is 43.5 Å². The predicted molar refractivity (Wildman–Crippen MR) is 124 cm³/mol. The molecule has 0 spiro atoms. The van der Waals surface area contributed by atoms with Crippen LogP contribution in [0.15, 0.2) is 54.6 Å². The van der Waals surface area contributed by atoms with E-state index in [4.69, 9.17) is 4.74 Å². The zero-order valence-electron chi connectivity index (χ0n) is 18.3. The van der Waals surface area contributed by atoms with E-state index < -0.39 is 22.0 Å². The van der Waals surface area contributed by atoms with Crippen molar-refractivity contribution in [2.24, 2.45) is 0 Å². The zero-order chi connectivity index (χ0) is 23.1. The molecule has 0 saturated carbocycles. The number of carbonyl (C=O) groups is 2. The molecule has 0 radical (unpaired) electrons. The molecule has 32 heavy (non-hydrogen) atoms. The van der Waals surface area contributed by atoms with Gasteiger partial charge in [0.25, 0.3) is 5.91 Å². The number of nitrogens with one attached hydrogen (secondary N) is 2. The molecule has 1 aliphatic rings. The van der Waals surface area contributed by atoms with Crippen molar-refractivity contribution in [2.75, 3.05) is 29.0 Å². The molecule has 2 aromatic carbocycles. The lowest BCUT2D eigenvalue weighted by atomic mass is 10.1. The third-order valence-electron chi connectivity index (χ3n) is 5.28. The summed E-state index contributed by atoms with van der Waals surface area (Å²) in [6.07, 6.45) is 3.20. The van der Waals surface area contributed by atoms with Crippen LogP contribution in [0.4, 0.5) is 11.4 Å². The maximum atomic E-state index is 13.2. The minimum atomic E-state index is -3.73. The molecule has 2 aromatic rings. The van der Waals surface area contributed by atoms with Gasteiger partial charge in [0.1, 0.15) is 6.04 Å². The quantitative estimate of drug-likeness (QED) is 0.600. The smallest absolute Gasteiger partial charge is 0.253 e. The number of sulfonamides is 1. The lowest BCUT2D eigenvalue weighted by molar-refractivity contribution is -0.117. The maximum Gasteiger partial charge on any atom is 0.253 e. The fraction of sp³-hybridized carbons (Fsp3) is 0.391. The normalized spacial score (nSPS) is 16.9. The SMILES string of the molecule is CC[C@@H](C(=O)Nc1ccccc1C(=O)NC[C@@H]1CCCO1)N(c1ccccc1)S(C)(=O)=O. The van der Waals surface area contributed by atoms with Crippen LogP contribution in [-0.4, -0.2) is 51.8 Å². The van der Waals surface area contributed by atoms with E-state index in [9.17, 15) is 18.0 Å². The minimum Gasteiger partial charge on any atom is -0.376 e. The van der Waals surface area contributed by atoms with E-state index in [0.29, 0.717) is 30.1 Å². The van der Waals surface area contributed by atoms with Crippen molar-refractivity contribution in [1.82, 2.24) is 5.32 Å². The standard InChI is InChI=1S/C23H29N3O5S/c1-3-21(26(32(2,29)30)17-10-5-4-6-11-17)23(28)25-20-14-8-7-13-19(20)22(27)24-16-18-12-9-15-31-18/h4-8,10-11,13-14,18,21H,3,9,12,15-16H2,1-2H3,(H,24,27)(H,25,28)/t18-,21-/m0/s1. The van der Waals surface area contributed by atoms with Gasteiger partial charge in [0.15, 0.2) is 0 Å². The lowest BCUT2D eigenvalue weighted by Crippen LogP contribution is -2.47. The van der Waals surface area contributed by atoms with Gasteiger partial charge in [-0.2, -0.15) is 0 Å². The molecule has 2 N–H and O–H groups in total. The predicted octanol–water partition coefficient (Wildman–Crippen LogP) is 2.78. The Hall–Kier alpha value is -2.91. The first-order valence-electron chi connectivity index (χ1n) is 10.7. The third-order valence-corrected chi connectivity index (χ3v) is 6.46. The average Bonchev–Trinajstić information content (AvgIpc) is 3.29. The number of ether oxygens (including phenoxy) is 1. The van der Waals surface area contributed by atoms with Crippen LogP contribution >= 0.6 is 0 Å². The molecule has 9 heteroatoms. The highest BCUT2D eigenvalue weighted by Crippen LogP contribution is 2.24. The summed E-state index contributed by atoms with van der Waals surface area (Å²) in [5, 5.41) is 5.60. The first-order chi connectivity index (χ1) is 15.3. The number of carbonyl (C=O) groups excluding carboxylic acids is 2. The molecule has 3 rings (SSSR count). The van der Waals surface area contributed by atoms with E-state index in [2.05, 4.69) is 10.6 Å². The molecular weight excluding hydrogens is 430 g/mol. The molecule has 0 aliphatic carbocycles. The molecule has 1 heterocycles. The summed E-state index contributed by atoms with van der Waals surface area (Å²) >= 11 is 0. The van der Waals surface area contributed by atoms with Gasteiger partial charge in [0, 0.05) is 13.2 Å². The Kier molecular flexibility index (Phi) is 7.87. The Balaban J connectivity index is 1.79. The first-order valence-corrected chi connectivity index (χ1v) is 12.5. The molecule has 1 fully saturated rings. The Morgan fingerprint density at radius 2 is 1.81 bits per heavy atom. The van der Waals surface area contributed by atoms with E-state index in [-0.39, 0.29) is 18.4 Å². The third kappa shape index (κ3) is 5.86. The van der Waals surface area contributed by atoms with Crippen molar-refractivity contribution < 1.29 is 22.7 Å². The highest BCUT2D eigenvalue weighted by Gasteiger charge is 2.32. The van der Waals surface area contributed by atoms with E-state index >= 15 is 0 Å². The zero-order valence-corrected chi connectivity index (χ0v) is 19.1. The van der Waals surface area contributed by atoms with Gasteiger partial charge in [0.2, 0.25) is 15.9 Å². The van der Waals surface area contributed by atoms with E-state index in [1.54, 1.807) is 61.5 Å². The van der Waals surface area contributed by atoms with Crippen LogP contribution in [0.25, 0.3) is 0 Å². The molecule has 0 aromatic heterocycles. The van der Waals surface area contributed by atoms with Crippen molar-refractivity contribution in [3.05, 3.63) is 60.2 Å². The first kappa shape index (κ1) is 23.7. The van der Waals surface area contributed by atoms with Gasteiger partial charge < -0.3 is 15.4 Å². The highest BCUT2D eigenvalue weighted by atomic mass is 32.2. The van der Waals surface area contributed by atoms with E-state index in [1.807, 2.05) is 0 Å². The van der Waals surface area contributed by atoms with Gasteiger partial charge >= 0.3 is 0 Å². The second kappa shape index (κ2) is 10.6. The summed E-state index contributed by atoms with van der Waals surface area (Å²) in [4.78, 5) is 25.9. The van der Waals surface area contributed by atoms with Crippen molar-refractivity contribution in [3.63, 3.8) is 0 Å². The summed E-state index contributed by atoms with van der Waals surface area (Å²) < 4.78 is 31.7. The number of rotatable bonds is 9. The van der Waals surface area contributed by atoms with Crippen molar-refractivity contribution >= 4 is 33.2 Å². The number of benzene rings is 2. The molecule has 2 atom stereocenters. The molecule has 0 bridgehead atoms. The van der Waals surface area contributed by atoms with Gasteiger partial charge in [-0.15, -0.1) is 0 Å². The molecule has 0 unspecified atom stereocenters. The van der Waals surface area contributed by atoms with Crippen molar-refractivity contribution in [2.45, 2.75) is 38.3 Å². The minimum absolute atomic E-state index is 0.000586. The van der Waals surface area contributed by atoms with Crippen molar-refractivity contribution in [1.29, 1.82) is 0 Å². The van der Waals surface area contributed by atoms with Crippen LogP contribution in [0.3, 0.4) is 0 Å². The fourth-order valence-corrected chi connectivity index (χ4v) is 4.96. The number of para-hydroxylation sites is 2. The Morgan fingerprint density at radius 3 is 2.44 bits per heavy atom. The Morgan fingerprint density at radius 1 is 1.12 bits per heavy atom. The summed E-state index contributed by atoms with van der Waals surface area (Å²) in [6.45, 7) is 2.84. The van der Waals surface area contributed by atoms with Gasteiger partial charge in [-0.25, -0.2) is 8.42 Å². The van der Waals surface area contributed by atoms with Gasteiger partial charge in [-0.1, -0.05) is 37.3 Å². The highest BCUT2D eigenvalue weighted by molar-refractivity contribution is 7.92. The van der Waals surface area contributed by atoms with Crippen LogP contribution in [0, 0.1) is 0 Å². The number of hydrogen-bond donors (Lipinski definition) is 2. The number of nitrogens with zero attached hydrogens (tertiary/aromatic N) is 1. The molecular formula is C23H29N3O5S. The maximum absolute atomic E-state index is 13.2. The van der Waals surface area contributed by atoms with Crippen LogP contribution < -0.4 is 14.9 Å². The monoisotopic (exact) mass is 459 g/mol. The topological polar surface area (TPSA) is 105 Å². The molecule has 1 saturated heterocycles. The molecule has 8 nitrogen and oxygen atoms in total. The second-order valence-electron chi connectivity index (χ2n) is 7.70. The Bertz CT molecular complexity index is 1040. The summed E-state index contributed by atoms with van der Waals surface area (Å²) in [5.41, 5.74) is 1.03. The molecule has 1 aliphatic heterocycles. The summed E-state index contributed by atoms with van der Waals surface area (Å²) in [7, 11) is -3.73.